The minimum absolute atomic E-state index is 0.239. The van der Waals surface area contributed by atoms with E-state index in [9.17, 15) is 26.3 Å². The number of fused-ring (bicyclic) bond motifs is 2. The molecule has 2 aliphatic heterocycles. The molecule has 2 atom stereocenters. The molecule has 4 rings (SSSR count). The average molecular weight is 426 g/mol. The number of ether oxygens (including phenoxy) is 1. The van der Waals surface area contributed by atoms with Crippen molar-refractivity contribution in [2.75, 3.05) is 24.5 Å². The van der Waals surface area contributed by atoms with Gasteiger partial charge in [-0.2, -0.15) is 13.2 Å². The van der Waals surface area contributed by atoms with E-state index in [2.05, 4.69) is 24.9 Å². The molecule has 2 fully saturated rings. The minimum Gasteiger partial charge on any atom is -0.475 e. The summed E-state index contributed by atoms with van der Waals surface area (Å²) in [5.74, 6) is -1.66. The van der Waals surface area contributed by atoms with E-state index in [1.807, 2.05) is 0 Å². The summed E-state index contributed by atoms with van der Waals surface area (Å²) in [6, 6.07) is 4.56. The first-order chi connectivity index (χ1) is 13.4. The Morgan fingerprint density at radius 2 is 1.90 bits per heavy atom. The molecule has 1 aromatic heterocycles. The molecule has 0 amide bonds. The molecule has 7 nitrogen and oxygen atoms in total. The summed E-state index contributed by atoms with van der Waals surface area (Å²) in [5, 5.41) is 10.5. The number of benzene rings is 1. The second-order valence-corrected chi connectivity index (χ2v) is 6.56. The number of aliphatic carboxylic acids is 1. The number of halogens is 6. The van der Waals surface area contributed by atoms with Crippen LogP contribution in [0, 0.1) is 5.92 Å². The second kappa shape index (κ2) is 7.61. The van der Waals surface area contributed by atoms with Crippen LogP contribution in [-0.4, -0.2) is 59.3 Å². The van der Waals surface area contributed by atoms with Crippen LogP contribution in [0.15, 0.2) is 18.2 Å². The molecule has 29 heavy (non-hydrogen) atoms. The molecule has 2 aliphatic rings. The van der Waals surface area contributed by atoms with E-state index in [0.29, 0.717) is 23.0 Å². The fourth-order valence-corrected chi connectivity index (χ4v) is 3.42. The number of aromatic nitrogens is 2. The fraction of sp³-hybridized carbons (Fsp3) is 0.500. The summed E-state index contributed by atoms with van der Waals surface area (Å²) in [4.78, 5) is 18.7. The predicted octanol–water partition coefficient (Wildman–Crippen LogP) is 2.89. The summed E-state index contributed by atoms with van der Waals surface area (Å²) in [6.07, 6.45) is -8.66. The molecule has 0 bridgehead atoms. The lowest BCUT2D eigenvalue weighted by Gasteiger charge is -2.22. The van der Waals surface area contributed by atoms with Gasteiger partial charge in [0.25, 0.3) is 0 Å². The van der Waals surface area contributed by atoms with E-state index < -0.39 is 18.5 Å². The van der Waals surface area contributed by atoms with Crippen LogP contribution in [0.2, 0.25) is 0 Å². The third-order valence-corrected chi connectivity index (χ3v) is 4.63. The third-order valence-electron chi connectivity index (χ3n) is 4.63. The van der Waals surface area contributed by atoms with Crippen molar-refractivity contribution >= 4 is 23.0 Å². The van der Waals surface area contributed by atoms with Crippen LogP contribution in [0.4, 0.5) is 32.3 Å². The van der Waals surface area contributed by atoms with E-state index in [-0.39, 0.29) is 5.75 Å². The van der Waals surface area contributed by atoms with Gasteiger partial charge < -0.3 is 25.0 Å². The number of nitrogens with zero attached hydrogens (tertiary/aromatic N) is 2. The molecule has 0 aliphatic carbocycles. The lowest BCUT2D eigenvalue weighted by atomic mass is 10.1. The van der Waals surface area contributed by atoms with E-state index in [1.165, 1.54) is 18.2 Å². The van der Waals surface area contributed by atoms with E-state index in [4.69, 9.17) is 9.90 Å². The first-order valence-corrected chi connectivity index (χ1v) is 8.47. The normalized spacial score (nSPS) is 21.7. The van der Waals surface area contributed by atoms with E-state index >= 15 is 0 Å². The van der Waals surface area contributed by atoms with Gasteiger partial charge in [0.2, 0.25) is 5.95 Å². The zero-order valence-corrected chi connectivity index (χ0v) is 14.6. The summed E-state index contributed by atoms with van der Waals surface area (Å²) < 4.78 is 72.5. The molecule has 3 heterocycles. The number of rotatable bonds is 2. The van der Waals surface area contributed by atoms with Crippen LogP contribution in [0.3, 0.4) is 0 Å². The van der Waals surface area contributed by atoms with Gasteiger partial charge in [-0.05, 0) is 24.5 Å². The molecule has 13 heteroatoms. The molecule has 2 saturated heterocycles. The lowest BCUT2D eigenvalue weighted by Crippen LogP contribution is -2.34. The highest BCUT2D eigenvalue weighted by molar-refractivity contribution is 5.79. The van der Waals surface area contributed by atoms with Crippen molar-refractivity contribution in [2.24, 2.45) is 5.92 Å². The number of carboxylic acid groups (broad SMARTS) is 1. The summed E-state index contributed by atoms with van der Waals surface area (Å²) >= 11 is 0. The zero-order valence-electron chi connectivity index (χ0n) is 14.6. The maximum atomic E-state index is 12.3. The summed E-state index contributed by atoms with van der Waals surface area (Å²) in [5.41, 5.74) is 1.19. The first kappa shape index (κ1) is 21.0. The Labute approximate surface area is 159 Å². The van der Waals surface area contributed by atoms with Crippen LogP contribution in [-0.2, 0) is 4.79 Å². The number of carbonyl (C=O) groups is 1. The molecule has 2 aromatic rings. The Morgan fingerprint density at radius 1 is 1.21 bits per heavy atom. The molecular weight excluding hydrogens is 410 g/mol. The van der Waals surface area contributed by atoms with E-state index in [1.54, 1.807) is 0 Å². The number of aromatic amines is 1. The maximum absolute atomic E-state index is 12.3. The molecule has 3 N–H and O–H groups in total. The smallest absolute Gasteiger partial charge is 0.475 e. The van der Waals surface area contributed by atoms with Crippen LogP contribution < -0.4 is 15.0 Å². The number of carboxylic acids is 1. The van der Waals surface area contributed by atoms with Gasteiger partial charge in [-0.25, -0.2) is 9.78 Å². The van der Waals surface area contributed by atoms with Gasteiger partial charge in [-0.15, -0.1) is 13.2 Å². The van der Waals surface area contributed by atoms with Gasteiger partial charge in [-0.1, -0.05) is 0 Å². The minimum atomic E-state index is -5.08. The predicted molar refractivity (Wildman–Crippen MR) is 88.6 cm³/mol. The van der Waals surface area contributed by atoms with Gasteiger partial charge >= 0.3 is 18.5 Å². The van der Waals surface area contributed by atoms with Gasteiger partial charge in [0.1, 0.15) is 5.75 Å². The highest BCUT2D eigenvalue weighted by Crippen LogP contribution is 2.32. The number of alkyl halides is 6. The maximum Gasteiger partial charge on any atom is 0.573 e. The number of H-pyrrole nitrogens is 1. The molecular formula is C16H16F6N4O3. The Kier molecular flexibility index (Phi) is 5.52. The van der Waals surface area contributed by atoms with Crippen LogP contribution in [0.5, 0.6) is 5.75 Å². The molecule has 0 spiro atoms. The largest absolute Gasteiger partial charge is 0.573 e. The first-order valence-electron chi connectivity index (χ1n) is 8.47. The van der Waals surface area contributed by atoms with Crippen molar-refractivity contribution < 1.29 is 41.0 Å². The van der Waals surface area contributed by atoms with Gasteiger partial charge in [0.15, 0.2) is 0 Å². The van der Waals surface area contributed by atoms with Crippen molar-refractivity contribution in [3.8, 4) is 5.75 Å². The van der Waals surface area contributed by atoms with Crippen LogP contribution in [0.25, 0.3) is 11.0 Å². The number of hydrogen-bond acceptors (Lipinski definition) is 5. The molecule has 0 radical (unpaired) electrons. The molecule has 160 valence electrons. The quantitative estimate of drug-likeness (QED) is 0.640. The molecule has 1 aromatic carbocycles. The number of nitrogens with one attached hydrogen (secondary N) is 2. The number of anilines is 1. The van der Waals surface area contributed by atoms with Crippen LogP contribution in [0.1, 0.15) is 6.42 Å². The molecule has 0 unspecified atom stereocenters. The van der Waals surface area contributed by atoms with E-state index in [0.717, 1.165) is 32.0 Å². The Hall–Kier alpha value is -2.70. The monoisotopic (exact) mass is 426 g/mol. The Bertz CT molecular complexity index is 882. The van der Waals surface area contributed by atoms with Crippen molar-refractivity contribution in [3.05, 3.63) is 18.2 Å². The fourth-order valence-electron chi connectivity index (χ4n) is 3.42. The van der Waals surface area contributed by atoms with Gasteiger partial charge in [-0.3, -0.25) is 0 Å². The topological polar surface area (TPSA) is 90.5 Å². The highest BCUT2D eigenvalue weighted by atomic mass is 19.4. The van der Waals surface area contributed by atoms with Crippen molar-refractivity contribution in [3.63, 3.8) is 0 Å². The second-order valence-electron chi connectivity index (χ2n) is 6.56. The Morgan fingerprint density at radius 3 is 2.52 bits per heavy atom. The zero-order chi connectivity index (χ0) is 21.4. The highest BCUT2D eigenvalue weighted by Gasteiger charge is 2.39. The molecule has 0 saturated carbocycles. The van der Waals surface area contributed by atoms with Crippen molar-refractivity contribution in [1.82, 2.24) is 15.3 Å². The van der Waals surface area contributed by atoms with Crippen molar-refractivity contribution in [1.29, 1.82) is 0 Å². The number of hydrogen-bond donors (Lipinski definition) is 3. The van der Waals surface area contributed by atoms with Crippen molar-refractivity contribution in [2.45, 2.75) is 25.0 Å². The summed E-state index contributed by atoms with van der Waals surface area (Å²) in [6.45, 7) is 2.86. The third kappa shape index (κ3) is 5.02. The van der Waals surface area contributed by atoms with Gasteiger partial charge in [0.05, 0.1) is 11.0 Å². The SMILES string of the molecule is FC(F)(F)Oc1ccc2nc(N3CC[C@@H]4CNC[C@@H]43)[nH]c2c1.O=C(O)C(F)(F)F. The number of imidazole rings is 1. The van der Waals surface area contributed by atoms with Gasteiger partial charge in [0, 0.05) is 31.7 Å². The lowest BCUT2D eigenvalue weighted by molar-refractivity contribution is -0.274. The average Bonchev–Trinajstić information content (AvgIpc) is 3.26. The Balaban J connectivity index is 0.000000298. The van der Waals surface area contributed by atoms with Crippen LogP contribution >= 0.6 is 0 Å². The standard InChI is InChI=1S/C14H15F3N4O.C2HF3O2/c15-14(16,17)22-9-1-2-10-11(5-9)20-13(19-10)21-4-3-8-6-18-7-12(8)21;3-2(4,5)1(6)7/h1-2,5,8,12,18H,3-4,6-7H2,(H,19,20);(H,6,7)/t8-,12+;/m1./s1. The summed E-state index contributed by atoms with van der Waals surface area (Å²) in [7, 11) is 0.